The number of amides is 2. The number of nitrogens with one attached hydrogen (secondary N) is 2. The Bertz CT molecular complexity index is 1110. The first-order chi connectivity index (χ1) is 15.7. The molecule has 2 aromatic carbocycles. The van der Waals surface area contributed by atoms with Gasteiger partial charge in [0.1, 0.15) is 0 Å². The fourth-order valence-electron chi connectivity index (χ4n) is 4.00. The second kappa shape index (κ2) is 10.8. The van der Waals surface area contributed by atoms with Crippen molar-refractivity contribution in [1.29, 1.82) is 0 Å². The number of benzene rings is 2. The summed E-state index contributed by atoms with van der Waals surface area (Å²) in [6, 6.07) is 11.7. The van der Waals surface area contributed by atoms with E-state index in [0.717, 1.165) is 31.2 Å². The Morgan fingerprint density at radius 3 is 2.64 bits per heavy atom. The number of aryl methyl sites for hydroxylation is 2. The molecule has 0 aliphatic carbocycles. The van der Waals surface area contributed by atoms with Gasteiger partial charge in [-0.3, -0.25) is 14.3 Å². The van der Waals surface area contributed by atoms with Crippen molar-refractivity contribution in [1.82, 2.24) is 10.2 Å². The van der Waals surface area contributed by atoms with Crippen molar-refractivity contribution in [3.63, 3.8) is 0 Å². The Morgan fingerprint density at radius 2 is 1.91 bits per heavy atom. The van der Waals surface area contributed by atoms with Crippen LogP contribution in [0.5, 0.6) is 0 Å². The van der Waals surface area contributed by atoms with Crippen LogP contribution in [0.1, 0.15) is 54.1 Å². The predicted molar refractivity (Wildman–Crippen MR) is 130 cm³/mol. The van der Waals surface area contributed by atoms with Gasteiger partial charge in [-0.2, -0.15) is 0 Å². The summed E-state index contributed by atoms with van der Waals surface area (Å²) in [7, 11) is -3.86. The van der Waals surface area contributed by atoms with Gasteiger partial charge >= 0.3 is 0 Å². The topological polar surface area (TPSA) is 95.6 Å². The van der Waals surface area contributed by atoms with Crippen molar-refractivity contribution in [2.45, 2.75) is 51.3 Å². The highest BCUT2D eigenvalue weighted by molar-refractivity contribution is 7.92. The Balaban J connectivity index is 1.77. The Labute approximate surface area is 196 Å². The van der Waals surface area contributed by atoms with E-state index < -0.39 is 10.0 Å². The predicted octanol–water partition coefficient (Wildman–Crippen LogP) is 3.87. The van der Waals surface area contributed by atoms with E-state index >= 15 is 0 Å². The van der Waals surface area contributed by atoms with Gasteiger partial charge in [-0.25, -0.2) is 8.42 Å². The van der Waals surface area contributed by atoms with Gasteiger partial charge in [-0.15, -0.1) is 0 Å². The summed E-state index contributed by atoms with van der Waals surface area (Å²) in [5, 5.41) is 2.96. The molecule has 33 heavy (non-hydrogen) atoms. The maximum absolute atomic E-state index is 13.3. The molecule has 0 bridgehead atoms. The summed E-state index contributed by atoms with van der Waals surface area (Å²) in [6.45, 7) is 7.28. The van der Waals surface area contributed by atoms with E-state index in [-0.39, 0.29) is 22.6 Å². The largest absolute Gasteiger partial charge is 0.356 e. The van der Waals surface area contributed by atoms with Gasteiger partial charge in [0.05, 0.1) is 10.8 Å². The SMILES string of the molecule is CCCCNC(=O)C1CCCN(C(=O)c2cc(S(=O)(=O)Nc3cccc(C)c3)ccc2C)C1. The molecule has 1 atom stereocenters. The van der Waals surface area contributed by atoms with E-state index in [1.54, 1.807) is 36.1 Å². The highest BCUT2D eigenvalue weighted by Crippen LogP contribution is 2.24. The third-order valence-electron chi connectivity index (χ3n) is 5.93. The van der Waals surface area contributed by atoms with Crippen molar-refractivity contribution in [2.24, 2.45) is 5.92 Å². The molecule has 0 radical (unpaired) electrons. The molecule has 2 aromatic rings. The van der Waals surface area contributed by atoms with Crippen molar-refractivity contribution in [2.75, 3.05) is 24.4 Å². The minimum Gasteiger partial charge on any atom is -0.356 e. The second-order valence-corrected chi connectivity index (χ2v) is 10.4. The molecule has 2 amide bonds. The highest BCUT2D eigenvalue weighted by Gasteiger charge is 2.30. The quantitative estimate of drug-likeness (QED) is 0.571. The lowest BCUT2D eigenvalue weighted by molar-refractivity contribution is -0.126. The molecule has 1 fully saturated rings. The number of anilines is 1. The van der Waals surface area contributed by atoms with Crippen molar-refractivity contribution in [3.8, 4) is 0 Å². The lowest BCUT2D eigenvalue weighted by Gasteiger charge is -2.32. The summed E-state index contributed by atoms with van der Waals surface area (Å²) in [6.07, 6.45) is 3.42. The number of carbonyl (C=O) groups excluding carboxylic acids is 2. The van der Waals surface area contributed by atoms with E-state index in [1.165, 1.54) is 12.1 Å². The molecular weight excluding hydrogens is 438 g/mol. The summed E-state index contributed by atoms with van der Waals surface area (Å²) in [5.41, 5.74) is 2.45. The summed E-state index contributed by atoms with van der Waals surface area (Å²) < 4.78 is 28.5. The van der Waals surface area contributed by atoms with E-state index in [2.05, 4.69) is 17.0 Å². The molecule has 1 unspecified atom stereocenters. The molecule has 8 heteroatoms. The molecule has 7 nitrogen and oxygen atoms in total. The smallest absolute Gasteiger partial charge is 0.261 e. The standard InChI is InChI=1S/C25H33N3O4S/c1-4-5-13-26-24(29)20-9-7-14-28(17-20)25(30)23-16-22(12-11-19(23)3)33(31,32)27-21-10-6-8-18(2)15-21/h6,8,10-12,15-16,20,27H,4-5,7,9,13-14,17H2,1-3H3,(H,26,29). The number of sulfonamides is 1. The van der Waals surface area contributed by atoms with Crippen LogP contribution in [0.4, 0.5) is 5.69 Å². The van der Waals surface area contributed by atoms with Crippen molar-refractivity contribution >= 4 is 27.5 Å². The zero-order valence-electron chi connectivity index (χ0n) is 19.6. The van der Waals surface area contributed by atoms with Gasteiger partial charge in [-0.1, -0.05) is 31.5 Å². The maximum atomic E-state index is 13.3. The van der Waals surface area contributed by atoms with Crippen LogP contribution in [0.15, 0.2) is 47.4 Å². The van der Waals surface area contributed by atoms with E-state index in [9.17, 15) is 18.0 Å². The molecular formula is C25H33N3O4S. The third-order valence-corrected chi connectivity index (χ3v) is 7.31. The normalized spacial score (nSPS) is 16.3. The Hall–Kier alpha value is -2.87. The van der Waals surface area contributed by atoms with Crippen LogP contribution in [-0.2, 0) is 14.8 Å². The van der Waals surface area contributed by atoms with Gasteiger partial charge in [0.2, 0.25) is 5.91 Å². The van der Waals surface area contributed by atoms with Crippen LogP contribution < -0.4 is 10.0 Å². The van der Waals surface area contributed by atoms with E-state index in [1.807, 2.05) is 13.0 Å². The van der Waals surface area contributed by atoms with Gasteiger partial charge in [0, 0.05) is 30.9 Å². The van der Waals surface area contributed by atoms with Crippen LogP contribution in [-0.4, -0.2) is 44.8 Å². The molecule has 2 N–H and O–H groups in total. The van der Waals surface area contributed by atoms with E-state index in [0.29, 0.717) is 36.4 Å². The number of piperidine rings is 1. The molecule has 178 valence electrons. The number of rotatable bonds is 8. The van der Waals surface area contributed by atoms with E-state index in [4.69, 9.17) is 0 Å². The second-order valence-electron chi connectivity index (χ2n) is 8.69. The minimum absolute atomic E-state index is 0.0173. The molecule has 1 aliphatic rings. The minimum atomic E-state index is -3.86. The monoisotopic (exact) mass is 471 g/mol. The fourth-order valence-corrected chi connectivity index (χ4v) is 5.08. The molecule has 3 rings (SSSR count). The van der Waals surface area contributed by atoms with Crippen LogP contribution in [0, 0.1) is 19.8 Å². The number of nitrogens with zero attached hydrogens (tertiary/aromatic N) is 1. The number of hydrogen-bond donors (Lipinski definition) is 2. The van der Waals surface area contributed by atoms with Gasteiger partial charge < -0.3 is 10.2 Å². The first-order valence-corrected chi connectivity index (χ1v) is 13.0. The number of unbranched alkanes of at least 4 members (excludes halogenated alkanes) is 1. The Morgan fingerprint density at radius 1 is 1.12 bits per heavy atom. The zero-order chi connectivity index (χ0) is 24.0. The first kappa shape index (κ1) is 24.8. The molecule has 1 heterocycles. The summed E-state index contributed by atoms with van der Waals surface area (Å²) in [4.78, 5) is 27.5. The number of hydrogen-bond acceptors (Lipinski definition) is 4. The highest BCUT2D eigenvalue weighted by atomic mass is 32.2. The average molecular weight is 472 g/mol. The first-order valence-electron chi connectivity index (χ1n) is 11.5. The maximum Gasteiger partial charge on any atom is 0.261 e. The summed E-state index contributed by atoms with van der Waals surface area (Å²) in [5.74, 6) is -0.503. The zero-order valence-corrected chi connectivity index (χ0v) is 20.4. The average Bonchev–Trinajstić information content (AvgIpc) is 2.78. The third kappa shape index (κ3) is 6.35. The number of likely N-dealkylation sites (tertiary alicyclic amines) is 1. The molecule has 0 aromatic heterocycles. The van der Waals surface area contributed by atoms with Crippen LogP contribution >= 0.6 is 0 Å². The Kier molecular flexibility index (Phi) is 8.13. The van der Waals surface area contributed by atoms with Crippen molar-refractivity contribution < 1.29 is 18.0 Å². The molecule has 0 saturated carbocycles. The van der Waals surface area contributed by atoms with Gasteiger partial charge in [-0.05, 0) is 68.5 Å². The fraction of sp³-hybridized carbons (Fsp3) is 0.440. The lowest BCUT2D eigenvalue weighted by Crippen LogP contribution is -2.45. The molecule has 1 saturated heterocycles. The molecule has 0 spiro atoms. The van der Waals surface area contributed by atoms with Crippen LogP contribution in [0.25, 0.3) is 0 Å². The van der Waals surface area contributed by atoms with Crippen molar-refractivity contribution in [3.05, 3.63) is 59.2 Å². The number of carbonyl (C=O) groups is 2. The van der Waals surface area contributed by atoms with Crippen LogP contribution in [0.2, 0.25) is 0 Å². The van der Waals surface area contributed by atoms with Crippen LogP contribution in [0.3, 0.4) is 0 Å². The van der Waals surface area contributed by atoms with Gasteiger partial charge in [0.15, 0.2) is 0 Å². The molecule has 1 aliphatic heterocycles. The summed E-state index contributed by atoms with van der Waals surface area (Å²) >= 11 is 0. The lowest BCUT2D eigenvalue weighted by atomic mass is 9.96. The van der Waals surface area contributed by atoms with Gasteiger partial charge in [0.25, 0.3) is 15.9 Å².